The number of hydrogen-bond donors (Lipinski definition) is 0. The largest absolute Gasteiger partial charge is 0.462 e. The smallest absolute Gasteiger partial charge is 0.339 e. The van der Waals surface area contributed by atoms with Gasteiger partial charge in [-0.05, 0) is 28.9 Å². The van der Waals surface area contributed by atoms with Crippen molar-refractivity contribution >= 4 is 54.0 Å². The molecule has 0 amide bonds. The molecule has 14 heavy (non-hydrogen) atoms. The molecule has 0 fully saturated rings. The van der Waals surface area contributed by atoms with Gasteiger partial charge in [-0.25, -0.2) is 4.79 Å². The Morgan fingerprint density at radius 3 is 3.14 bits per heavy atom. The van der Waals surface area contributed by atoms with E-state index in [9.17, 15) is 4.79 Å². The van der Waals surface area contributed by atoms with Crippen LogP contribution in [0.25, 0.3) is 9.40 Å². The zero-order valence-corrected chi connectivity index (χ0v) is 10.6. The minimum Gasteiger partial charge on any atom is -0.462 e. The van der Waals surface area contributed by atoms with E-state index in [4.69, 9.17) is 4.74 Å². The van der Waals surface area contributed by atoms with Crippen molar-refractivity contribution in [1.29, 1.82) is 0 Å². The van der Waals surface area contributed by atoms with Crippen LogP contribution in [0, 0.1) is 0 Å². The number of rotatable bonds is 2. The molecule has 2 aromatic rings. The first-order chi connectivity index (χ1) is 6.72. The van der Waals surface area contributed by atoms with Gasteiger partial charge in [0.2, 0.25) is 0 Å². The van der Waals surface area contributed by atoms with E-state index in [1.165, 1.54) is 0 Å². The third kappa shape index (κ3) is 1.71. The number of carbonyl (C=O) groups is 1. The van der Waals surface area contributed by atoms with Crippen LogP contribution in [0.5, 0.6) is 0 Å². The zero-order chi connectivity index (χ0) is 10.1. The highest BCUT2D eigenvalue weighted by Gasteiger charge is 2.14. The van der Waals surface area contributed by atoms with Crippen LogP contribution in [0.15, 0.2) is 15.2 Å². The summed E-state index contributed by atoms with van der Waals surface area (Å²) in [6.45, 7) is 2.23. The van der Waals surface area contributed by atoms with Crippen LogP contribution in [0.2, 0.25) is 0 Å². The molecule has 0 saturated carbocycles. The molecule has 0 aromatic carbocycles. The molecule has 74 valence electrons. The van der Waals surface area contributed by atoms with E-state index in [2.05, 4.69) is 15.9 Å². The molecule has 2 heterocycles. The molecule has 2 rings (SSSR count). The van der Waals surface area contributed by atoms with E-state index in [1.807, 2.05) is 18.4 Å². The molecule has 0 bridgehead atoms. The maximum atomic E-state index is 11.5. The Bertz CT molecular complexity index is 472. The van der Waals surface area contributed by atoms with Gasteiger partial charge < -0.3 is 4.74 Å². The monoisotopic (exact) mass is 290 g/mol. The zero-order valence-electron chi connectivity index (χ0n) is 7.37. The number of ether oxygens (including phenoxy) is 1. The van der Waals surface area contributed by atoms with Crippen molar-refractivity contribution in [3.05, 3.63) is 20.8 Å². The van der Waals surface area contributed by atoms with Gasteiger partial charge in [0.25, 0.3) is 0 Å². The molecule has 5 heteroatoms. The van der Waals surface area contributed by atoms with Crippen LogP contribution < -0.4 is 0 Å². The second-order valence-corrected chi connectivity index (χ2v) is 6.19. The van der Waals surface area contributed by atoms with Crippen molar-refractivity contribution < 1.29 is 9.53 Å². The first kappa shape index (κ1) is 10.1. The van der Waals surface area contributed by atoms with Gasteiger partial charge in [-0.3, -0.25) is 0 Å². The Hall–Kier alpha value is -0.390. The lowest BCUT2D eigenvalue weighted by atomic mass is 10.2. The van der Waals surface area contributed by atoms with E-state index in [0.717, 1.165) is 13.2 Å². The quantitative estimate of drug-likeness (QED) is 0.784. The lowest BCUT2D eigenvalue weighted by molar-refractivity contribution is 0.0529. The molecule has 0 unspecified atom stereocenters. The highest BCUT2D eigenvalue weighted by molar-refractivity contribution is 9.11. The Kier molecular flexibility index (Phi) is 2.90. The molecule has 0 saturated heterocycles. The fourth-order valence-electron chi connectivity index (χ4n) is 1.16. The molecule has 0 radical (unpaired) electrons. The molecule has 2 nitrogen and oxygen atoms in total. The lowest BCUT2D eigenvalue weighted by Gasteiger charge is -1.97. The molecule has 0 spiro atoms. The Morgan fingerprint density at radius 1 is 1.64 bits per heavy atom. The first-order valence-corrected chi connectivity index (χ1v) is 6.55. The average molecular weight is 291 g/mol. The molecule has 0 atom stereocenters. The van der Waals surface area contributed by atoms with Gasteiger partial charge in [-0.1, -0.05) is 0 Å². The van der Waals surface area contributed by atoms with Crippen LogP contribution in [0.4, 0.5) is 0 Å². The lowest BCUT2D eigenvalue weighted by Crippen LogP contribution is -2.02. The number of hydrogen-bond acceptors (Lipinski definition) is 4. The van der Waals surface area contributed by atoms with Gasteiger partial charge in [-0.15, -0.1) is 22.7 Å². The predicted molar refractivity (Wildman–Crippen MR) is 63.4 cm³/mol. The van der Waals surface area contributed by atoms with Crippen LogP contribution in [0.1, 0.15) is 17.3 Å². The van der Waals surface area contributed by atoms with E-state index >= 15 is 0 Å². The van der Waals surface area contributed by atoms with Crippen LogP contribution in [-0.4, -0.2) is 12.6 Å². The summed E-state index contributed by atoms with van der Waals surface area (Å²) in [7, 11) is 0. The molecule has 0 N–H and O–H groups in total. The van der Waals surface area contributed by atoms with Crippen molar-refractivity contribution in [2.75, 3.05) is 6.61 Å². The van der Waals surface area contributed by atoms with E-state index in [1.54, 1.807) is 22.7 Å². The minimum atomic E-state index is -0.232. The molecule has 0 aliphatic heterocycles. The van der Waals surface area contributed by atoms with Gasteiger partial charge in [0.1, 0.15) is 0 Å². The van der Waals surface area contributed by atoms with Gasteiger partial charge >= 0.3 is 5.97 Å². The fraction of sp³-hybridized carbons (Fsp3) is 0.222. The van der Waals surface area contributed by atoms with Crippen LogP contribution in [0.3, 0.4) is 0 Å². The second-order valence-electron chi connectivity index (χ2n) is 2.62. The average Bonchev–Trinajstić information content (AvgIpc) is 2.62. The van der Waals surface area contributed by atoms with E-state index < -0.39 is 0 Å². The Morgan fingerprint density at radius 2 is 2.43 bits per heavy atom. The van der Waals surface area contributed by atoms with Crippen LogP contribution in [-0.2, 0) is 4.74 Å². The molecule has 0 aliphatic carbocycles. The molecule has 0 aliphatic rings. The van der Waals surface area contributed by atoms with Crippen molar-refractivity contribution in [1.82, 2.24) is 0 Å². The minimum absolute atomic E-state index is 0.232. The van der Waals surface area contributed by atoms with E-state index in [0.29, 0.717) is 12.2 Å². The topological polar surface area (TPSA) is 26.3 Å². The summed E-state index contributed by atoms with van der Waals surface area (Å²) in [6.07, 6.45) is 0. The number of halogens is 1. The van der Waals surface area contributed by atoms with Crippen molar-refractivity contribution in [2.24, 2.45) is 0 Å². The predicted octanol–water partition coefficient (Wildman–Crippen LogP) is 3.90. The summed E-state index contributed by atoms with van der Waals surface area (Å²) in [5, 5.41) is 2.84. The molecule has 2 aromatic heterocycles. The van der Waals surface area contributed by atoms with Gasteiger partial charge in [0.15, 0.2) is 0 Å². The maximum Gasteiger partial charge on any atom is 0.339 e. The van der Waals surface area contributed by atoms with Gasteiger partial charge in [0, 0.05) is 10.8 Å². The van der Waals surface area contributed by atoms with E-state index in [-0.39, 0.29) is 5.97 Å². The first-order valence-electron chi connectivity index (χ1n) is 4.06. The third-order valence-corrected chi connectivity index (χ3v) is 4.50. The Balaban J connectivity index is 2.46. The van der Waals surface area contributed by atoms with Crippen molar-refractivity contribution in [3.63, 3.8) is 0 Å². The summed E-state index contributed by atoms with van der Waals surface area (Å²) < 4.78 is 7.16. The maximum absolute atomic E-state index is 11.5. The highest BCUT2D eigenvalue weighted by Crippen LogP contribution is 2.36. The third-order valence-electron chi connectivity index (χ3n) is 1.74. The van der Waals surface area contributed by atoms with Crippen molar-refractivity contribution in [2.45, 2.75) is 6.92 Å². The summed E-state index contributed by atoms with van der Waals surface area (Å²) >= 11 is 6.61. The normalized spacial score (nSPS) is 10.7. The highest BCUT2D eigenvalue weighted by atomic mass is 79.9. The summed E-state index contributed by atoms with van der Waals surface area (Å²) in [6, 6.07) is 1.96. The van der Waals surface area contributed by atoms with Crippen molar-refractivity contribution in [3.8, 4) is 0 Å². The fourth-order valence-corrected chi connectivity index (χ4v) is 4.18. The Labute approximate surface area is 97.6 Å². The molecular weight excluding hydrogens is 284 g/mol. The summed E-state index contributed by atoms with van der Waals surface area (Å²) in [4.78, 5) is 11.5. The summed E-state index contributed by atoms with van der Waals surface area (Å²) in [5.41, 5.74) is 0.675. The standard InChI is InChI=1S/C9H7BrO2S2/c1-2-12-8(11)6-4-13-9-5(6)3-7(10)14-9/h3-4H,2H2,1H3. The number of fused-ring (bicyclic) bond motifs is 1. The number of esters is 1. The SMILES string of the molecule is CCOC(=O)c1csc2sc(Br)cc12. The van der Waals surface area contributed by atoms with Gasteiger partial charge in [-0.2, -0.15) is 0 Å². The van der Waals surface area contributed by atoms with Gasteiger partial charge in [0.05, 0.1) is 20.0 Å². The molecular formula is C9H7BrO2S2. The number of thiophene rings is 2. The second kappa shape index (κ2) is 4.00. The van der Waals surface area contributed by atoms with Crippen LogP contribution >= 0.6 is 38.6 Å². The number of carbonyl (C=O) groups excluding carboxylic acids is 1. The summed E-state index contributed by atoms with van der Waals surface area (Å²) in [5.74, 6) is -0.232.